The molecule has 8 nitrogen and oxygen atoms in total. The van der Waals surface area contributed by atoms with Crippen molar-refractivity contribution < 1.29 is 13.9 Å². The van der Waals surface area contributed by atoms with E-state index in [0.717, 1.165) is 12.0 Å². The van der Waals surface area contributed by atoms with Gasteiger partial charge in [-0.2, -0.15) is 0 Å². The molecule has 0 aliphatic carbocycles. The molecule has 2 aromatic heterocycles. The topological polar surface area (TPSA) is 107 Å². The number of carbonyl (C=O) groups excluding carboxylic acids is 1. The standard InChI is InChI=1S/C24H27FN6O2/c1-13(2)7-8-31-20(10-18-22(23(31)32)14(3)28-24(26)30-18)16-6-5-15(25)9-17(16)19-11-27-12-21(29-19)33-4/h5-6,9,11-13,20H,7-8,10H2,1-4H3,(H2,26,28,30)/t20-/m1/s1. The lowest BCUT2D eigenvalue weighted by Gasteiger charge is -2.38. The van der Waals surface area contributed by atoms with Crippen molar-refractivity contribution >= 4 is 11.9 Å². The second-order valence-electron chi connectivity index (χ2n) is 8.57. The molecule has 0 saturated carbocycles. The highest BCUT2D eigenvalue weighted by atomic mass is 19.1. The van der Waals surface area contributed by atoms with E-state index in [2.05, 4.69) is 33.8 Å². The van der Waals surface area contributed by atoms with Crippen molar-refractivity contribution in [2.75, 3.05) is 19.4 Å². The van der Waals surface area contributed by atoms with Gasteiger partial charge in [-0.15, -0.1) is 0 Å². The van der Waals surface area contributed by atoms with Gasteiger partial charge in [-0.1, -0.05) is 19.9 Å². The molecular weight excluding hydrogens is 423 g/mol. The van der Waals surface area contributed by atoms with Crippen LogP contribution in [0.25, 0.3) is 11.3 Å². The number of hydrogen-bond donors (Lipinski definition) is 1. The van der Waals surface area contributed by atoms with Crippen molar-refractivity contribution in [3.05, 3.63) is 58.9 Å². The van der Waals surface area contributed by atoms with Crippen LogP contribution >= 0.6 is 0 Å². The van der Waals surface area contributed by atoms with Gasteiger partial charge in [0.1, 0.15) is 5.82 Å². The molecule has 0 spiro atoms. The number of hydrogen-bond acceptors (Lipinski definition) is 7. The average molecular weight is 451 g/mol. The normalized spacial score (nSPS) is 15.6. The average Bonchev–Trinajstić information content (AvgIpc) is 2.77. The second kappa shape index (κ2) is 9.09. The molecule has 1 aliphatic rings. The van der Waals surface area contributed by atoms with E-state index < -0.39 is 5.82 Å². The number of aromatic nitrogens is 4. The lowest BCUT2D eigenvalue weighted by molar-refractivity contribution is 0.0633. The maximum atomic E-state index is 14.4. The van der Waals surface area contributed by atoms with Gasteiger partial charge in [-0.05, 0) is 37.0 Å². The number of amides is 1. The number of aryl methyl sites for hydroxylation is 1. The third-order valence-corrected chi connectivity index (χ3v) is 5.84. The molecule has 2 N–H and O–H groups in total. The highest BCUT2D eigenvalue weighted by Gasteiger charge is 2.37. The molecule has 1 atom stereocenters. The summed E-state index contributed by atoms with van der Waals surface area (Å²) in [5, 5.41) is 0. The summed E-state index contributed by atoms with van der Waals surface area (Å²) < 4.78 is 19.6. The van der Waals surface area contributed by atoms with Crippen LogP contribution in [0.2, 0.25) is 0 Å². The third kappa shape index (κ3) is 4.48. The Morgan fingerprint density at radius 1 is 1.24 bits per heavy atom. The van der Waals surface area contributed by atoms with E-state index in [1.54, 1.807) is 19.2 Å². The molecule has 33 heavy (non-hydrogen) atoms. The number of ether oxygens (including phenoxy) is 1. The summed E-state index contributed by atoms with van der Waals surface area (Å²) in [6, 6.07) is 4.14. The Kier molecular flexibility index (Phi) is 6.22. The largest absolute Gasteiger partial charge is 0.480 e. The fourth-order valence-corrected chi connectivity index (χ4v) is 4.21. The van der Waals surface area contributed by atoms with Crippen LogP contribution in [-0.4, -0.2) is 44.4 Å². The van der Waals surface area contributed by atoms with E-state index >= 15 is 0 Å². The highest BCUT2D eigenvalue weighted by molar-refractivity contribution is 5.98. The molecule has 0 unspecified atom stereocenters. The molecule has 1 amide bonds. The number of carbonyl (C=O) groups is 1. The molecular formula is C24H27FN6O2. The van der Waals surface area contributed by atoms with E-state index in [4.69, 9.17) is 10.5 Å². The lowest BCUT2D eigenvalue weighted by atomic mass is 9.88. The Bertz CT molecular complexity index is 1200. The second-order valence-corrected chi connectivity index (χ2v) is 8.57. The van der Waals surface area contributed by atoms with Crippen molar-refractivity contribution in [2.45, 2.75) is 39.7 Å². The Morgan fingerprint density at radius 3 is 2.76 bits per heavy atom. The minimum absolute atomic E-state index is 0.131. The SMILES string of the molecule is COc1cncc(-c2cc(F)ccc2[C@H]2Cc3nc(N)nc(C)c3C(=O)N2CCC(C)C)n1. The predicted octanol–water partition coefficient (Wildman–Crippen LogP) is 3.76. The van der Waals surface area contributed by atoms with Gasteiger partial charge in [0.2, 0.25) is 11.8 Å². The number of nitrogens with zero attached hydrogens (tertiary/aromatic N) is 5. The summed E-state index contributed by atoms with van der Waals surface area (Å²) in [4.78, 5) is 32.7. The van der Waals surface area contributed by atoms with Crippen LogP contribution in [0.5, 0.6) is 5.88 Å². The van der Waals surface area contributed by atoms with E-state index in [1.807, 2.05) is 4.90 Å². The van der Waals surface area contributed by atoms with E-state index in [-0.39, 0.29) is 17.9 Å². The Hall–Kier alpha value is -3.62. The summed E-state index contributed by atoms with van der Waals surface area (Å²) in [7, 11) is 1.50. The number of benzene rings is 1. The molecule has 1 aliphatic heterocycles. The van der Waals surface area contributed by atoms with Crippen molar-refractivity contribution in [3.63, 3.8) is 0 Å². The number of halogens is 1. The maximum Gasteiger partial charge on any atom is 0.258 e. The Labute approximate surface area is 192 Å². The number of anilines is 1. The van der Waals surface area contributed by atoms with Crippen LogP contribution in [0.15, 0.2) is 30.6 Å². The van der Waals surface area contributed by atoms with Crippen molar-refractivity contribution in [1.82, 2.24) is 24.8 Å². The number of nitrogens with two attached hydrogens (primary N) is 1. The molecule has 0 radical (unpaired) electrons. The smallest absolute Gasteiger partial charge is 0.258 e. The molecule has 0 fully saturated rings. The molecule has 172 valence electrons. The van der Waals surface area contributed by atoms with Crippen molar-refractivity contribution in [1.29, 1.82) is 0 Å². The minimum Gasteiger partial charge on any atom is -0.480 e. The summed E-state index contributed by atoms with van der Waals surface area (Å²) in [6.07, 6.45) is 4.30. The molecule has 1 aromatic carbocycles. The summed E-state index contributed by atoms with van der Waals surface area (Å²) in [5.74, 6) is 0.302. The fourth-order valence-electron chi connectivity index (χ4n) is 4.21. The molecule has 0 bridgehead atoms. The van der Waals surface area contributed by atoms with E-state index in [9.17, 15) is 9.18 Å². The molecule has 4 rings (SSSR count). The molecule has 3 aromatic rings. The van der Waals surface area contributed by atoms with Gasteiger partial charge >= 0.3 is 0 Å². The number of fused-ring (bicyclic) bond motifs is 1. The van der Waals surface area contributed by atoms with Gasteiger partial charge in [0.05, 0.1) is 48.2 Å². The van der Waals surface area contributed by atoms with Gasteiger partial charge in [-0.3, -0.25) is 9.78 Å². The summed E-state index contributed by atoms with van der Waals surface area (Å²) in [6.45, 7) is 6.54. The van der Waals surface area contributed by atoms with Crippen LogP contribution in [0.1, 0.15) is 53.6 Å². The zero-order valence-corrected chi connectivity index (χ0v) is 19.2. The first-order valence-electron chi connectivity index (χ1n) is 10.9. The van der Waals surface area contributed by atoms with Crippen LogP contribution in [0.4, 0.5) is 10.3 Å². The van der Waals surface area contributed by atoms with E-state index in [1.165, 1.54) is 25.4 Å². The Balaban J connectivity index is 1.87. The first-order valence-corrected chi connectivity index (χ1v) is 10.9. The van der Waals surface area contributed by atoms with Gasteiger partial charge in [0.15, 0.2) is 0 Å². The first-order chi connectivity index (χ1) is 15.8. The highest BCUT2D eigenvalue weighted by Crippen LogP contribution is 2.38. The monoisotopic (exact) mass is 450 g/mol. The van der Waals surface area contributed by atoms with Gasteiger partial charge in [0, 0.05) is 18.5 Å². The fraction of sp³-hybridized carbons (Fsp3) is 0.375. The quantitative estimate of drug-likeness (QED) is 0.609. The van der Waals surface area contributed by atoms with Crippen molar-refractivity contribution in [3.8, 4) is 17.1 Å². The summed E-state index contributed by atoms with van der Waals surface area (Å²) in [5.41, 5.74) is 9.32. The van der Waals surface area contributed by atoms with Crippen molar-refractivity contribution in [2.24, 2.45) is 5.92 Å². The maximum absolute atomic E-state index is 14.4. The van der Waals surface area contributed by atoms with Crippen LogP contribution < -0.4 is 10.5 Å². The number of rotatable bonds is 6. The van der Waals surface area contributed by atoms with Crippen LogP contribution in [0, 0.1) is 18.7 Å². The molecule has 0 saturated heterocycles. The predicted molar refractivity (Wildman–Crippen MR) is 122 cm³/mol. The lowest BCUT2D eigenvalue weighted by Crippen LogP contribution is -2.42. The van der Waals surface area contributed by atoms with Crippen LogP contribution in [-0.2, 0) is 6.42 Å². The minimum atomic E-state index is -0.406. The van der Waals surface area contributed by atoms with Gasteiger partial charge in [-0.25, -0.2) is 19.3 Å². The third-order valence-electron chi connectivity index (χ3n) is 5.84. The first kappa shape index (κ1) is 22.6. The zero-order valence-electron chi connectivity index (χ0n) is 19.2. The van der Waals surface area contributed by atoms with Gasteiger partial charge < -0.3 is 15.4 Å². The van der Waals surface area contributed by atoms with Gasteiger partial charge in [0.25, 0.3) is 5.91 Å². The molecule has 3 heterocycles. The Morgan fingerprint density at radius 2 is 2.03 bits per heavy atom. The van der Waals surface area contributed by atoms with Crippen LogP contribution in [0.3, 0.4) is 0 Å². The molecule has 9 heteroatoms. The van der Waals surface area contributed by atoms with E-state index in [0.29, 0.717) is 53.0 Å². The number of nitrogen functional groups attached to an aromatic ring is 1. The zero-order chi connectivity index (χ0) is 23.7. The summed E-state index contributed by atoms with van der Waals surface area (Å²) >= 11 is 0. The number of methoxy groups -OCH3 is 1.